The molecule has 0 spiro atoms. The number of benzene rings is 1. The minimum Gasteiger partial charge on any atom is -0.490 e. The van der Waals surface area contributed by atoms with Crippen LogP contribution in [0.25, 0.3) is 11.3 Å². The SMILES string of the molecule is CC.CC1COc2c1ccnc2-c1ccc(F)cc1.[HH]. The molecule has 0 aliphatic carbocycles. The molecule has 1 aromatic carbocycles. The number of pyridine rings is 1. The van der Waals surface area contributed by atoms with Gasteiger partial charge in [-0.2, -0.15) is 0 Å². The molecule has 3 heteroatoms. The summed E-state index contributed by atoms with van der Waals surface area (Å²) in [4.78, 5) is 4.34. The topological polar surface area (TPSA) is 22.1 Å². The molecule has 1 atom stereocenters. The van der Waals surface area contributed by atoms with Gasteiger partial charge in [-0.05, 0) is 30.3 Å². The van der Waals surface area contributed by atoms with Gasteiger partial charge in [0.05, 0.1) is 6.61 Å². The maximum atomic E-state index is 12.9. The van der Waals surface area contributed by atoms with Crippen LogP contribution in [0.1, 0.15) is 33.7 Å². The van der Waals surface area contributed by atoms with Gasteiger partial charge in [-0.3, -0.25) is 4.98 Å². The Labute approximate surface area is 114 Å². The number of hydrogen-bond donors (Lipinski definition) is 0. The minimum atomic E-state index is -0.240. The molecule has 3 rings (SSSR count). The van der Waals surface area contributed by atoms with Gasteiger partial charge >= 0.3 is 0 Å². The van der Waals surface area contributed by atoms with E-state index in [0.717, 1.165) is 17.0 Å². The Balaban J connectivity index is 0.000000639. The summed E-state index contributed by atoms with van der Waals surface area (Å²) in [5, 5.41) is 0. The molecule has 0 N–H and O–H groups in total. The van der Waals surface area contributed by atoms with E-state index < -0.39 is 0 Å². The lowest BCUT2D eigenvalue weighted by molar-refractivity contribution is 0.337. The van der Waals surface area contributed by atoms with Crippen molar-refractivity contribution in [2.24, 2.45) is 0 Å². The van der Waals surface area contributed by atoms with Crippen molar-refractivity contribution in [3.63, 3.8) is 0 Å². The summed E-state index contributed by atoms with van der Waals surface area (Å²) in [7, 11) is 0. The van der Waals surface area contributed by atoms with E-state index in [1.54, 1.807) is 18.3 Å². The predicted molar refractivity (Wildman–Crippen MR) is 77.0 cm³/mol. The fourth-order valence-electron chi connectivity index (χ4n) is 2.11. The van der Waals surface area contributed by atoms with Crippen LogP contribution in [0.3, 0.4) is 0 Å². The van der Waals surface area contributed by atoms with Crippen LogP contribution < -0.4 is 4.74 Å². The van der Waals surface area contributed by atoms with E-state index in [-0.39, 0.29) is 7.24 Å². The van der Waals surface area contributed by atoms with Gasteiger partial charge < -0.3 is 4.74 Å². The van der Waals surface area contributed by atoms with Crippen LogP contribution in [-0.2, 0) is 0 Å². The zero-order chi connectivity index (χ0) is 13.8. The first-order valence-electron chi connectivity index (χ1n) is 6.63. The maximum Gasteiger partial charge on any atom is 0.149 e. The van der Waals surface area contributed by atoms with Crippen LogP contribution in [0, 0.1) is 5.82 Å². The second-order valence-corrected chi connectivity index (χ2v) is 4.30. The normalized spacial score (nSPS) is 16.1. The summed E-state index contributed by atoms with van der Waals surface area (Å²) in [6.07, 6.45) is 1.78. The van der Waals surface area contributed by atoms with Gasteiger partial charge in [-0.15, -0.1) is 0 Å². The summed E-state index contributed by atoms with van der Waals surface area (Å²) in [5.74, 6) is 0.995. The van der Waals surface area contributed by atoms with Gasteiger partial charge in [0.2, 0.25) is 0 Å². The van der Waals surface area contributed by atoms with E-state index in [1.165, 1.54) is 17.7 Å². The number of nitrogens with zero attached hydrogens (tertiary/aromatic N) is 1. The average molecular weight is 261 g/mol. The molecule has 1 aromatic heterocycles. The Kier molecular flexibility index (Phi) is 4.15. The second kappa shape index (κ2) is 5.83. The van der Waals surface area contributed by atoms with Gasteiger partial charge in [0.1, 0.15) is 17.3 Å². The third-order valence-electron chi connectivity index (χ3n) is 3.06. The summed E-state index contributed by atoms with van der Waals surface area (Å²) in [6, 6.07) is 8.32. The van der Waals surface area contributed by atoms with Crippen LogP contribution in [-0.4, -0.2) is 11.6 Å². The molecule has 2 nitrogen and oxygen atoms in total. The smallest absolute Gasteiger partial charge is 0.149 e. The molecular formula is C16H20FNO. The number of hydrogen-bond acceptors (Lipinski definition) is 2. The monoisotopic (exact) mass is 261 g/mol. The summed E-state index contributed by atoms with van der Waals surface area (Å²) < 4.78 is 18.6. The molecule has 0 amide bonds. The Hall–Kier alpha value is -1.90. The van der Waals surface area contributed by atoms with Crippen molar-refractivity contribution in [1.29, 1.82) is 0 Å². The molecule has 0 bridgehead atoms. The first-order valence-corrected chi connectivity index (χ1v) is 6.63. The van der Waals surface area contributed by atoms with E-state index in [0.29, 0.717) is 12.5 Å². The number of fused-ring (bicyclic) bond motifs is 1. The fraction of sp³-hybridized carbons (Fsp3) is 0.312. The van der Waals surface area contributed by atoms with Crippen molar-refractivity contribution in [1.82, 2.24) is 4.98 Å². The quantitative estimate of drug-likeness (QED) is 0.745. The third kappa shape index (κ3) is 2.60. The lowest BCUT2D eigenvalue weighted by Gasteiger charge is -2.06. The highest BCUT2D eigenvalue weighted by molar-refractivity contribution is 5.69. The van der Waals surface area contributed by atoms with Crippen molar-refractivity contribution in [3.05, 3.63) is 47.9 Å². The molecular weight excluding hydrogens is 241 g/mol. The highest BCUT2D eigenvalue weighted by Gasteiger charge is 2.24. The van der Waals surface area contributed by atoms with E-state index in [2.05, 4.69) is 11.9 Å². The Morgan fingerprint density at radius 1 is 1.21 bits per heavy atom. The van der Waals surface area contributed by atoms with Crippen molar-refractivity contribution >= 4 is 0 Å². The molecule has 0 saturated heterocycles. The highest BCUT2D eigenvalue weighted by atomic mass is 19.1. The standard InChI is InChI=1S/C14H12FNO.C2H6.H2/c1-9-8-17-14-12(9)6-7-16-13(14)10-2-4-11(15)5-3-10;1-2;/h2-7,9H,8H2,1H3;1-2H3;1H. The van der Waals surface area contributed by atoms with Crippen LogP contribution >= 0.6 is 0 Å². The van der Waals surface area contributed by atoms with Gasteiger partial charge in [-0.25, -0.2) is 4.39 Å². The molecule has 1 aliphatic rings. The largest absolute Gasteiger partial charge is 0.490 e. The zero-order valence-corrected chi connectivity index (χ0v) is 11.5. The zero-order valence-electron chi connectivity index (χ0n) is 11.5. The Bertz CT molecular complexity index is 557. The maximum absolute atomic E-state index is 12.9. The van der Waals surface area contributed by atoms with Crippen LogP contribution in [0.4, 0.5) is 4.39 Å². The summed E-state index contributed by atoms with van der Waals surface area (Å²) in [5.41, 5.74) is 2.86. The second-order valence-electron chi connectivity index (χ2n) is 4.30. The fourth-order valence-corrected chi connectivity index (χ4v) is 2.11. The molecule has 2 heterocycles. The molecule has 102 valence electrons. The van der Waals surface area contributed by atoms with Gasteiger partial charge in [-0.1, -0.05) is 20.8 Å². The molecule has 1 unspecified atom stereocenters. The van der Waals surface area contributed by atoms with Gasteiger partial charge in [0, 0.05) is 24.7 Å². The van der Waals surface area contributed by atoms with Crippen molar-refractivity contribution in [2.75, 3.05) is 6.61 Å². The van der Waals surface area contributed by atoms with Crippen LogP contribution in [0.5, 0.6) is 5.75 Å². The van der Waals surface area contributed by atoms with Crippen molar-refractivity contribution in [2.45, 2.75) is 26.7 Å². The molecule has 0 saturated carbocycles. The van der Waals surface area contributed by atoms with E-state index in [4.69, 9.17) is 4.74 Å². The van der Waals surface area contributed by atoms with Gasteiger partial charge in [0.15, 0.2) is 0 Å². The molecule has 0 fully saturated rings. The summed E-state index contributed by atoms with van der Waals surface area (Å²) >= 11 is 0. The Morgan fingerprint density at radius 3 is 2.58 bits per heavy atom. The average Bonchev–Trinajstić information content (AvgIpc) is 2.84. The van der Waals surface area contributed by atoms with Crippen LogP contribution in [0.2, 0.25) is 0 Å². The first-order chi connectivity index (χ1) is 9.25. The van der Waals surface area contributed by atoms with E-state index in [1.807, 2.05) is 19.9 Å². The lowest BCUT2D eigenvalue weighted by Crippen LogP contribution is -1.93. The highest BCUT2D eigenvalue weighted by Crippen LogP contribution is 2.39. The minimum absolute atomic E-state index is 0. The number of ether oxygens (including phenoxy) is 1. The molecule has 0 radical (unpaired) electrons. The molecule has 1 aliphatic heterocycles. The molecule has 19 heavy (non-hydrogen) atoms. The third-order valence-corrected chi connectivity index (χ3v) is 3.06. The Morgan fingerprint density at radius 2 is 1.89 bits per heavy atom. The van der Waals surface area contributed by atoms with Gasteiger partial charge in [0.25, 0.3) is 0 Å². The van der Waals surface area contributed by atoms with Crippen molar-refractivity contribution < 1.29 is 10.6 Å². The van der Waals surface area contributed by atoms with E-state index >= 15 is 0 Å². The van der Waals surface area contributed by atoms with Crippen LogP contribution in [0.15, 0.2) is 36.5 Å². The van der Waals surface area contributed by atoms with E-state index in [9.17, 15) is 4.39 Å². The lowest BCUT2D eigenvalue weighted by atomic mass is 10.0. The predicted octanol–water partition coefficient (Wildman–Crippen LogP) is 4.66. The first kappa shape index (κ1) is 13.5. The number of aromatic nitrogens is 1. The number of rotatable bonds is 1. The van der Waals surface area contributed by atoms with Crippen molar-refractivity contribution in [3.8, 4) is 17.0 Å². The number of halogens is 1. The summed E-state index contributed by atoms with van der Waals surface area (Å²) in [6.45, 7) is 6.81. The molecule has 2 aromatic rings.